The minimum absolute atomic E-state index is 0.0383. The monoisotopic (exact) mass is 304 g/mol. The largest absolute Gasteiger partial charge is 0.381 e. The van der Waals surface area contributed by atoms with Gasteiger partial charge in [0, 0.05) is 18.9 Å². The number of hydrogen-bond donors (Lipinski definition) is 0. The van der Waals surface area contributed by atoms with E-state index in [1.807, 2.05) is 7.11 Å². The maximum atomic E-state index is 12.4. The average Bonchev–Trinajstić information content (AvgIpc) is 2.82. The molecular weight excluding hydrogens is 272 g/mol. The van der Waals surface area contributed by atoms with Crippen LogP contribution in [0.25, 0.3) is 0 Å². The maximum absolute atomic E-state index is 12.4. The van der Waals surface area contributed by atoms with Crippen LogP contribution < -0.4 is 0 Å². The summed E-state index contributed by atoms with van der Waals surface area (Å²) in [7, 11) is 1.90. The van der Waals surface area contributed by atoms with Gasteiger partial charge in [-0.1, -0.05) is 13.8 Å². The third-order valence-corrected chi connectivity index (χ3v) is 8.34. The van der Waals surface area contributed by atoms with Crippen molar-refractivity contribution in [2.24, 2.45) is 40.9 Å². The van der Waals surface area contributed by atoms with Crippen molar-refractivity contribution < 1.29 is 9.53 Å². The Morgan fingerprint density at radius 2 is 1.86 bits per heavy atom. The highest BCUT2D eigenvalue weighted by atomic mass is 16.5. The van der Waals surface area contributed by atoms with Crippen molar-refractivity contribution in [1.29, 1.82) is 0 Å². The zero-order valence-corrected chi connectivity index (χ0v) is 14.5. The van der Waals surface area contributed by atoms with Gasteiger partial charge in [-0.05, 0) is 80.5 Å². The molecule has 0 aromatic heterocycles. The molecule has 2 nitrogen and oxygen atoms in total. The number of fused-ring (bicyclic) bond motifs is 5. The molecule has 0 radical (unpaired) electrons. The second kappa shape index (κ2) is 5.33. The summed E-state index contributed by atoms with van der Waals surface area (Å²) in [4.78, 5) is 12.4. The molecular formula is C20H32O2. The summed E-state index contributed by atoms with van der Waals surface area (Å²) in [5, 5.41) is 0. The van der Waals surface area contributed by atoms with Crippen molar-refractivity contribution in [1.82, 2.24) is 0 Å². The lowest BCUT2D eigenvalue weighted by Gasteiger charge is -2.55. The van der Waals surface area contributed by atoms with Gasteiger partial charge < -0.3 is 4.74 Å². The van der Waals surface area contributed by atoms with E-state index in [2.05, 4.69) is 13.8 Å². The third kappa shape index (κ3) is 2.05. The van der Waals surface area contributed by atoms with Crippen LogP contribution in [0.4, 0.5) is 0 Å². The van der Waals surface area contributed by atoms with E-state index in [-0.39, 0.29) is 5.41 Å². The van der Waals surface area contributed by atoms with E-state index in [0.29, 0.717) is 17.8 Å². The van der Waals surface area contributed by atoms with Gasteiger partial charge in [0.1, 0.15) is 5.78 Å². The summed E-state index contributed by atoms with van der Waals surface area (Å²) in [6, 6.07) is 0. The van der Waals surface area contributed by atoms with E-state index in [4.69, 9.17) is 4.74 Å². The Morgan fingerprint density at radius 1 is 1.05 bits per heavy atom. The lowest BCUT2D eigenvalue weighted by Crippen LogP contribution is -2.50. The Hall–Kier alpha value is -0.370. The molecule has 4 aliphatic rings. The van der Waals surface area contributed by atoms with Gasteiger partial charge in [-0.15, -0.1) is 0 Å². The molecule has 0 aromatic carbocycles. The molecule has 0 aromatic rings. The minimum Gasteiger partial charge on any atom is -0.381 e. The molecule has 0 N–H and O–H groups in total. The van der Waals surface area contributed by atoms with Gasteiger partial charge in [-0.2, -0.15) is 0 Å². The average molecular weight is 304 g/mol. The molecule has 22 heavy (non-hydrogen) atoms. The molecule has 4 rings (SSSR count). The van der Waals surface area contributed by atoms with Crippen LogP contribution in [-0.2, 0) is 9.53 Å². The van der Waals surface area contributed by atoms with Crippen molar-refractivity contribution in [2.75, 3.05) is 7.11 Å². The van der Waals surface area contributed by atoms with Crippen LogP contribution in [0.2, 0.25) is 0 Å². The van der Waals surface area contributed by atoms with Gasteiger partial charge in [0.15, 0.2) is 0 Å². The second-order valence-electron chi connectivity index (χ2n) is 9.08. The number of ether oxygens (including phenoxy) is 1. The fourth-order valence-electron chi connectivity index (χ4n) is 7.12. The highest BCUT2D eigenvalue weighted by Gasteiger charge is 2.57. The Labute approximate surface area is 135 Å². The van der Waals surface area contributed by atoms with Crippen LogP contribution in [0.5, 0.6) is 0 Å². The predicted octanol–water partition coefficient (Wildman–Crippen LogP) is 4.47. The topological polar surface area (TPSA) is 26.3 Å². The zero-order valence-electron chi connectivity index (χ0n) is 14.5. The molecule has 0 aliphatic heterocycles. The van der Waals surface area contributed by atoms with Gasteiger partial charge in [-0.25, -0.2) is 0 Å². The van der Waals surface area contributed by atoms with Gasteiger partial charge in [0.25, 0.3) is 0 Å². The summed E-state index contributed by atoms with van der Waals surface area (Å²) < 4.78 is 5.80. The van der Waals surface area contributed by atoms with Crippen LogP contribution in [0, 0.1) is 40.9 Å². The van der Waals surface area contributed by atoms with E-state index in [9.17, 15) is 4.79 Å². The predicted molar refractivity (Wildman–Crippen MR) is 87.5 cm³/mol. The Bertz CT molecular complexity index is 459. The van der Waals surface area contributed by atoms with Crippen LogP contribution in [0.15, 0.2) is 0 Å². The quantitative estimate of drug-likeness (QED) is 0.714. The number of ketones is 1. The number of Topliss-reactive ketones (excluding diaryl/α,β-unsaturated/α-hetero) is 1. The highest BCUT2D eigenvalue weighted by molar-refractivity contribution is 5.87. The number of carbonyl (C=O) groups is 1. The molecule has 2 heteroatoms. The fraction of sp³-hybridized carbons (Fsp3) is 0.950. The summed E-state index contributed by atoms with van der Waals surface area (Å²) in [6.45, 7) is 4.67. The zero-order chi connectivity index (χ0) is 15.5. The molecule has 0 amide bonds. The summed E-state index contributed by atoms with van der Waals surface area (Å²) in [5.74, 6) is 5.52. The number of methoxy groups -OCH3 is 1. The first kappa shape index (κ1) is 15.2. The third-order valence-electron chi connectivity index (χ3n) is 8.34. The van der Waals surface area contributed by atoms with Gasteiger partial charge >= 0.3 is 0 Å². The molecule has 4 fully saturated rings. The Balaban J connectivity index is 1.57. The van der Waals surface area contributed by atoms with Gasteiger partial charge in [0.2, 0.25) is 0 Å². The molecule has 4 aliphatic carbocycles. The van der Waals surface area contributed by atoms with E-state index in [1.54, 1.807) is 0 Å². The summed E-state index contributed by atoms with van der Waals surface area (Å²) in [5.41, 5.74) is 0.0383. The first-order valence-electron chi connectivity index (χ1n) is 9.60. The molecule has 0 spiro atoms. The SMILES string of the molecule is COC1CC2C(CCC3C2CCC2(C)C(=O)CCC32)CC1C. The van der Waals surface area contributed by atoms with Crippen molar-refractivity contribution in [3.05, 3.63) is 0 Å². The van der Waals surface area contributed by atoms with Crippen molar-refractivity contribution in [2.45, 2.75) is 71.3 Å². The number of carbonyl (C=O) groups excluding carboxylic acids is 1. The molecule has 0 heterocycles. The highest BCUT2D eigenvalue weighted by Crippen LogP contribution is 2.61. The van der Waals surface area contributed by atoms with Crippen molar-refractivity contribution >= 4 is 5.78 Å². The van der Waals surface area contributed by atoms with Crippen LogP contribution in [0.3, 0.4) is 0 Å². The standard InChI is InChI=1S/C20H32O2/c1-12-10-13-4-5-15-14(16(13)11-18(12)22-3)8-9-20(2)17(15)6-7-19(20)21/h12-18H,4-11H2,1-3H3. The van der Waals surface area contributed by atoms with Crippen LogP contribution in [0.1, 0.15) is 65.2 Å². The van der Waals surface area contributed by atoms with Crippen LogP contribution >= 0.6 is 0 Å². The summed E-state index contributed by atoms with van der Waals surface area (Å²) >= 11 is 0. The van der Waals surface area contributed by atoms with Gasteiger partial charge in [-0.3, -0.25) is 4.79 Å². The smallest absolute Gasteiger partial charge is 0.139 e. The Kier molecular flexibility index (Phi) is 3.67. The summed E-state index contributed by atoms with van der Waals surface area (Å²) in [6.07, 6.45) is 10.4. The molecule has 8 unspecified atom stereocenters. The lowest BCUT2D eigenvalue weighted by atomic mass is 9.50. The first-order chi connectivity index (χ1) is 10.5. The van der Waals surface area contributed by atoms with Crippen LogP contribution in [-0.4, -0.2) is 19.0 Å². The molecule has 0 bridgehead atoms. The number of rotatable bonds is 1. The molecule has 124 valence electrons. The number of hydrogen-bond acceptors (Lipinski definition) is 2. The minimum atomic E-state index is 0.0383. The maximum Gasteiger partial charge on any atom is 0.139 e. The lowest BCUT2D eigenvalue weighted by molar-refractivity contribution is -0.135. The second-order valence-corrected chi connectivity index (χ2v) is 9.08. The van der Waals surface area contributed by atoms with E-state index < -0.39 is 0 Å². The van der Waals surface area contributed by atoms with Crippen molar-refractivity contribution in [3.63, 3.8) is 0 Å². The molecule has 8 atom stereocenters. The van der Waals surface area contributed by atoms with E-state index in [1.165, 1.54) is 38.5 Å². The molecule has 4 saturated carbocycles. The molecule has 0 saturated heterocycles. The van der Waals surface area contributed by atoms with E-state index >= 15 is 0 Å². The fourth-order valence-corrected chi connectivity index (χ4v) is 7.12. The normalized spacial score (nSPS) is 54.5. The van der Waals surface area contributed by atoms with E-state index in [0.717, 1.165) is 42.4 Å². The van der Waals surface area contributed by atoms with Crippen molar-refractivity contribution in [3.8, 4) is 0 Å². The van der Waals surface area contributed by atoms with Gasteiger partial charge in [0.05, 0.1) is 6.10 Å². The Morgan fingerprint density at radius 3 is 2.64 bits per heavy atom. The first-order valence-corrected chi connectivity index (χ1v) is 9.60.